The van der Waals surface area contributed by atoms with Crippen molar-refractivity contribution in [2.75, 3.05) is 7.05 Å². The van der Waals surface area contributed by atoms with Gasteiger partial charge in [-0.3, -0.25) is 0 Å². The zero-order valence-corrected chi connectivity index (χ0v) is 10.8. The number of rotatable bonds is 3. The van der Waals surface area contributed by atoms with Crippen molar-refractivity contribution in [3.05, 3.63) is 40.3 Å². The van der Waals surface area contributed by atoms with Gasteiger partial charge in [-0.2, -0.15) is 0 Å². The molecule has 1 N–H and O–H groups in total. The number of aromatic nitrogens is 1. The van der Waals surface area contributed by atoms with Crippen molar-refractivity contribution >= 4 is 15.9 Å². The number of nitrogens with one attached hydrogen (secondary N) is 1. The average Bonchev–Trinajstić information content (AvgIpc) is 2.67. The van der Waals surface area contributed by atoms with Crippen LogP contribution in [-0.2, 0) is 6.54 Å². The van der Waals surface area contributed by atoms with Gasteiger partial charge >= 0.3 is 0 Å². The summed E-state index contributed by atoms with van der Waals surface area (Å²) in [5.74, 6) is 0.821. The van der Waals surface area contributed by atoms with E-state index in [1.54, 1.807) is 0 Å². The van der Waals surface area contributed by atoms with Crippen molar-refractivity contribution in [1.29, 1.82) is 0 Å². The van der Waals surface area contributed by atoms with E-state index in [1.165, 1.54) is 12.0 Å². The third-order valence-electron chi connectivity index (χ3n) is 2.35. The second-order valence-corrected chi connectivity index (χ2v) is 4.50. The van der Waals surface area contributed by atoms with Crippen LogP contribution < -0.4 is 5.32 Å². The molecule has 4 heteroatoms. The first-order valence-electron chi connectivity index (χ1n) is 5.06. The molecule has 0 saturated heterocycles. The zero-order valence-electron chi connectivity index (χ0n) is 9.25. The smallest absolute Gasteiger partial charge is 0.181 e. The zero-order chi connectivity index (χ0) is 11.5. The first-order chi connectivity index (χ1) is 7.72. The summed E-state index contributed by atoms with van der Waals surface area (Å²) in [5, 5.41) is 3.07. The lowest BCUT2D eigenvalue weighted by molar-refractivity contribution is 0.570. The first kappa shape index (κ1) is 11.4. The van der Waals surface area contributed by atoms with Crippen LogP contribution in [0.1, 0.15) is 11.3 Å². The van der Waals surface area contributed by atoms with Crippen LogP contribution in [0.25, 0.3) is 11.3 Å². The van der Waals surface area contributed by atoms with Crippen LogP contribution in [0.5, 0.6) is 0 Å². The van der Waals surface area contributed by atoms with Crippen molar-refractivity contribution < 1.29 is 4.42 Å². The van der Waals surface area contributed by atoms with E-state index in [2.05, 4.69) is 45.3 Å². The van der Waals surface area contributed by atoms with Gasteiger partial charge in [0.15, 0.2) is 12.2 Å². The Labute approximate surface area is 103 Å². The molecular formula is C12H13BrN2O. The highest BCUT2D eigenvalue weighted by atomic mass is 79.9. The quantitative estimate of drug-likeness (QED) is 0.939. The molecule has 1 aromatic heterocycles. The predicted octanol–water partition coefficient (Wildman–Crippen LogP) is 3.13. The molecule has 0 aliphatic heterocycles. The normalized spacial score (nSPS) is 10.7. The Morgan fingerprint density at radius 2 is 2.25 bits per heavy atom. The van der Waals surface area contributed by atoms with Crippen LogP contribution in [0.15, 0.2) is 33.5 Å². The highest BCUT2D eigenvalue weighted by molar-refractivity contribution is 9.10. The molecule has 0 radical (unpaired) electrons. The van der Waals surface area contributed by atoms with Gasteiger partial charge in [-0.15, -0.1) is 0 Å². The molecule has 0 saturated carbocycles. The fraction of sp³-hybridized carbons (Fsp3) is 0.250. The summed E-state index contributed by atoms with van der Waals surface area (Å²) in [5.41, 5.74) is 3.17. The van der Waals surface area contributed by atoms with Gasteiger partial charge in [0.05, 0.1) is 0 Å². The van der Waals surface area contributed by atoms with Gasteiger partial charge in [-0.1, -0.05) is 22.0 Å². The summed E-state index contributed by atoms with van der Waals surface area (Å²) >= 11 is 3.55. The average molecular weight is 281 g/mol. The van der Waals surface area contributed by atoms with Crippen LogP contribution in [0.2, 0.25) is 0 Å². The van der Waals surface area contributed by atoms with Crippen molar-refractivity contribution in [2.45, 2.75) is 13.5 Å². The SMILES string of the molecule is CNCc1ncoc1-c1ccc(C)cc1Br. The molecule has 0 spiro atoms. The lowest BCUT2D eigenvalue weighted by atomic mass is 10.1. The molecule has 2 aromatic rings. The van der Waals surface area contributed by atoms with Crippen LogP contribution in [-0.4, -0.2) is 12.0 Å². The second-order valence-electron chi connectivity index (χ2n) is 3.64. The van der Waals surface area contributed by atoms with Gasteiger partial charge < -0.3 is 9.73 Å². The van der Waals surface area contributed by atoms with Crippen molar-refractivity contribution in [3.8, 4) is 11.3 Å². The maximum atomic E-state index is 5.44. The Bertz CT molecular complexity index is 494. The van der Waals surface area contributed by atoms with Gasteiger partial charge in [0.1, 0.15) is 5.69 Å². The van der Waals surface area contributed by atoms with Crippen LogP contribution in [0.4, 0.5) is 0 Å². The monoisotopic (exact) mass is 280 g/mol. The summed E-state index contributed by atoms with van der Waals surface area (Å²) < 4.78 is 6.47. The fourth-order valence-corrected chi connectivity index (χ4v) is 2.26. The highest BCUT2D eigenvalue weighted by Crippen LogP contribution is 2.31. The van der Waals surface area contributed by atoms with Gasteiger partial charge in [0, 0.05) is 16.6 Å². The van der Waals surface area contributed by atoms with E-state index in [0.717, 1.165) is 21.5 Å². The van der Waals surface area contributed by atoms with E-state index in [9.17, 15) is 0 Å². The minimum absolute atomic E-state index is 0.701. The highest BCUT2D eigenvalue weighted by Gasteiger charge is 2.12. The lowest BCUT2D eigenvalue weighted by Crippen LogP contribution is -2.06. The lowest BCUT2D eigenvalue weighted by Gasteiger charge is -2.04. The summed E-state index contributed by atoms with van der Waals surface area (Å²) in [6.45, 7) is 2.76. The summed E-state index contributed by atoms with van der Waals surface area (Å²) in [7, 11) is 1.89. The Kier molecular flexibility index (Phi) is 3.41. The van der Waals surface area contributed by atoms with Gasteiger partial charge in [0.25, 0.3) is 0 Å². The van der Waals surface area contributed by atoms with Crippen LogP contribution in [0, 0.1) is 6.92 Å². The van der Waals surface area contributed by atoms with E-state index in [4.69, 9.17) is 4.42 Å². The molecule has 1 heterocycles. The number of aryl methyl sites for hydroxylation is 1. The van der Waals surface area contributed by atoms with E-state index < -0.39 is 0 Å². The molecule has 0 bridgehead atoms. The Hall–Kier alpha value is -1.13. The molecule has 0 amide bonds. The molecule has 2 rings (SSSR count). The first-order valence-corrected chi connectivity index (χ1v) is 5.85. The summed E-state index contributed by atoms with van der Waals surface area (Å²) in [4.78, 5) is 4.20. The fourth-order valence-electron chi connectivity index (χ4n) is 1.59. The standard InChI is InChI=1S/C12H13BrN2O/c1-8-3-4-9(10(13)5-8)12-11(6-14-2)15-7-16-12/h3-5,7,14H,6H2,1-2H3. The Morgan fingerprint density at radius 3 is 2.94 bits per heavy atom. The number of benzene rings is 1. The minimum atomic E-state index is 0.701. The number of oxazole rings is 1. The number of halogens is 1. The maximum Gasteiger partial charge on any atom is 0.181 e. The molecule has 0 fully saturated rings. The van der Waals surface area contributed by atoms with E-state index in [-0.39, 0.29) is 0 Å². The predicted molar refractivity (Wildman–Crippen MR) is 67.1 cm³/mol. The number of nitrogens with zero attached hydrogens (tertiary/aromatic N) is 1. The number of hydrogen-bond acceptors (Lipinski definition) is 3. The molecule has 16 heavy (non-hydrogen) atoms. The van der Waals surface area contributed by atoms with Crippen molar-refractivity contribution in [2.24, 2.45) is 0 Å². The van der Waals surface area contributed by atoms with Crippen LogP contribution >= 0.6 is 15.9 Å². The van der Waals surface area contributed by atoms with E-state index in [1.807, 2.05) is 13.1 Å². The molecule has 0 unspecified atom stereocenters. The maximum absolute atomic E-state index is 5.44. The van der Waals surface area contributed by atoms with Gasteiger partial charge in [-0.25, -0.2) is 4.98 Å². The summed E-state index contributed by atoms with van der Waals surface area (Å²) in [6.07, 6.45) is 1.48. The van der Waals surface area contributed by atoms with Crippen molar-refractivity contribution in [1.82, 2.24) is 10.3 Å². The third-order valence-corrected chi connectivity index (χ3v) is 3.01. The summed E-state index contributed by atoms with van der Waals surface area (Å²) in [6, 6.07) is 6.17. The van der Waals surface area contributed by atoms with Crippen LogP contribution in [0.3, 0.4) is 0 Å². The van der Waals surface area contributed by atoms with Crippen molar-refractivity contribution in [3.63, 3.8) is 0 Å². The van der Waals surface area contributed by atoms with E-state index in [0.29, 0.717) is 6.54 Å². The molecular weight excluding hydrogens is 268 g/mol. The molecule has 1 aromatic carbocycles. The minimum Gasteiger partial charge on any atom is -0.443 e. The second kappa shape index (κ2) is 4.80. The topological polar surface area (TPSA) is 38.1 Å². The molecule has 84 valence electrons. The van der Waals surface area contributed by atoms with E-state index >= 15 is 0 Å². The largest absolute Gasteiger partial charge is 0.443 e. The third kappa shape index (κ3) is 2.18. The van der Waals surface area contributed by atoms with Gasteiger partial charge in [0.2, 0.25) is 0 Å². The number of hydrogen-bond donors (Lipinski definition) is 1. The Morgan fingerprint density at radius 1 is 1.44 bits per heavy atom. The molecule has 0 aliphatic carbocycles. The molecule has 0 atom stereocenters. The Balaban J connectivity index is 2.46. The molecule has 3 nitrogen and oxygen atoms in total. The van der Waals surface area contributed by atoms with Gasteiger partial charge in [-0.05, 0) is 31.7 Å². The molecule has 0 aliphatic rings.